The van der Waals surface area contributed by atoms with Gasteiger partial charge in [0.1, 0.15) is 5.69 Å². The predicted molar refractivity (Wildman–Crippen MR) is 105 cm³/mol. The van der Waals surface area contributed by atoms with E-state index in [1.54, 1.807) is 38.1 Å². The number of nitrogens with one attached hydrogen (secondary N) is 2. The first-order valence-electron chi connectivity index (χ1n) is 8.54. The number of carbonyl (C=O) groups excluding carboxylic acids is 2. The fourth-order valence-corrected chi connectivity index (χ4v) is 2.92. The van der Waals surface area contributed by atoms with E-state index >= 15 is 0 Å². The minimum absolute atomic E-state index is 0.0616. The third kappa shape index (κ3) is 4.17. The maximum absolute atomic E-state index is 12.5. The third-order valence-corrected chi connectivity index (χ3v) is 4.18. The molecule has 0 unspecified atom stereocenters. The number of carbonyl (C=O) groups is 2. The van der Waals surface area contributed by atoms with Crippen molar-refractivity contribution in [2.75, 3.05) is 5.32 Å². The molecule has 3 rings (SSSR count). The van der Waals surface area contributed by atoms with E-state index in [9.17, 15) is 9.59 Å². The molecule has 1 aromatic heterocycles. The standard InChI is InChI=1S/C21H20N4O2/c1-13-19(15(3)26)14(2)22-20(13)21(27)23-16-9-11-18(12-10-16)25-24-17-7-5-4-6-8-17/h4-12,22H,1-3H3,(H,23,27). The summed E-state index contributed by atoms with van der Waals surface area (Å²) in [6.45, 7) is 5.04. The average molecular weight is 360 g/mol. The summed E-state index contributed by atoms with van der Waals surface area (Å²) < 4.78 is 0. The zero-order valence-electron chi connectivity index (χ0n) is 15.4. The molecule has 0 radical (unpaired) electrons. The molecule has 2 N–H and O–H groups in total. The number of H-pyrrole nitrogens is 1. The molecule has 0 saturated carbocycles. The predicted octanol–water partition coefficient (Wildman–Crippen LogP) is 5.50. The van der Waals surface area contributed by atoms with Gasteiger partial charge in [-0.2, -0.15) is 10.2 Å². The zero-order chi connectivity index (χ0) is 19.4. The zero-order valence-corrected chi connectivity index (χ0v) is 15.4. The van der Waals surface area contributed by atoms with E-state index < -0.39 is 0 Å². The van der Waals surface area contributed by atoms with Crippen molar-refractivity contribution >= 4 is 28.8 Å². The Morgan fingerprint density at radius 1 is 0.889 bits per heavy atom. The number of hydrogen-bond acceptors (Lipinski definition) is 4. The molecule has 2 aromatic carbocycles. The summed E-state index contributed by atoms with van der Waals surface area (Å²) in [7, 11) is 0. The van der Waals surface area contributed by atoms with Crippen molar-refractivity contribution < 1.29 is 9.59 Å². The van der Waals surface area contributed by atoms with Crippen molar-refractivity contribution in [1.29, 1.82) is 0 Å². The van der Waals surface area contributed by atoms with Crippen LogP contribution in [0.3, 0.4) is 0 Å². The molecule has 0 aliphatic carbocycles. The van der Waals surface area contributed by atoms with E-state index in [4.69, 9.17) is 0 Å². The van der Waals surface area contributed by atoms with E-state index in [1.165, 1.54) is 6.92 Å². The summed E-state index contributed by atoms with van der Waals surface area (Å²) >= 11 is 0. The lowest BCUT2D eigenvalue weighted by molar-refractivity contribution is 0.101. The minimum Gasteiger partial charge on any atom is -0.354 e. The number of aromatic amines is 1. The highest BCUT2D eigenvalue weighted by molar-refractivity contribution is 6.07. The summed E-state index contributed by atoms with van der Waals surface area (Å²) in [6.07, 6.45) is 0. The van der Waals surface area contributed by atoms with Crippen LogP contribution in [0.4, 0.5) is 17.1 Å². The van der Waals surface area contributed by atoms with Crippen LogP contribution in [-0.4, -0.2) is 16.7 Å². The Kier molecular flexibility index (Phi) is 5.26. The molecule has 0 spiro atoms. The molecule has 3 aromatic rings. The van der Waals surface area contributed by atoms with E-state index in [1.807, 2.05) is 30.3 Å². The molecule has 27 heavy (non-hydrogen) atoms. The van der Waals surface area contributed by atoms with Crippen molar-refractivity contribution in [3.05, 3.63) is 77.1 Å². The van der Waals surface area contributed by atoms with Gasteiger partial charge in [-0.05, 0) is 62.7 Å². The maximum atomic E-state index is 12.5. The van der Waals surface area contributed by atoms with Gasteiger partial charge in [0.2, 0.25) is 0 Å². The molecule has 0 fully saturated rings. The lowest BCUT2D eigenvalue weighted by Gasteiger charge is -2.05. The molecule has 1 heterocycles. The Morgan fingerprint density at radius 3 is 2.04 bits per heavy atom. The number of azo groups is 1. The number of anilines is 1. The van der Waals surface area contributed by atoms with Crippen LogP contribution in [0.25, 0.3) is 0 Å². The molecule has 1 amide bonds. The van der Waals surface area contributed by atoms with E-state index in [-0.39, 0.29) is 11.7 Å². The molecule has 0 saturated heterocycles. The van der Waals surface area contributed by atoms with Crippen LogP contribution >= 0.6 is 0 Å². The first kappa shape index (κ1) is 18.3. The van der Waals surface area contributed by atoms with Crippen molar-refractivity contribution in [2.45, 2.75) is 20.8 Å². The topological polar surface area (TPSA) is 86.7 Å². The van der Waals surface area contributed by atoms with Crippen molar-refractivity contribution in [3.8, 4) is 0 Å². The number of amides is 1. The van der Waals surface area contributed by atoms with Crippen LogP contribution in [0.2, 0.25) is 0 Å². The average Bonchev–Trinajstić information content (AvgIpc) is 2.96. The molecule has 0 aliphatic heterocycles. The van der Waals surface area contributed by atoms with Crippen LogP contribution in [-0.2, 0) is 0 Å². The Hall–Kier alpha value is -3.54. The minimum atomic E-state index is -0.290. The van der Waals surface area contributed by atoms with Gasteiger partial charge < -0.3 is 10.3 Å². The highest BCUT2D eigenvalue weighted by Crippen LogP contribution is 2.22. The van der Waals surface area contributed by atoms with E-state index in [0.29, 0.717) is 33.9 Å². The van der Waals surface area contributed by atoms with Gasteiger partial charge in [0.25, 0.3) is 5.91 Å². The van der Waals surface area contributed by atoms with Crippen molar-refractivity contribution in [3.63, 3.8) is 0 Å². The molecule has 0 bridgehead atoms. The lowest BCUT2D eigenvalue weighted by Crippen LogP contribution is -2.13. The Morgan fingerprint density at radius 2 is 1.48 bits per heavy atom. The fraction of sp³-hybridized carbons (Fsp3) is 0.143. The summed E-state index contributed by atoms with van der Waals surface area (Å²) in [4.78, 5) is 27.2. The molecular weight excluding hydrogens is 340 g/mol. The Balaban J connectivity index is 1.71. The normalized spacial score (nSPS) is 10.9. The van der Waals surface area contributed by atoms with Gasteiger partial charge in [0, 0.05) is 16.9 Å². The number of aryl methyl sites for hydroxylation is 1. The first-order valence-corrected chi connectivity index (χ1v) is 8.54. The highest BCUT2D eigenvalue weighted by Gasteiger charge is 2.19. The molecule has 6 nitrogen and oxygen atoms in total. The second-order valence-electron chi connectivity index (χ2n) is 6.22. The van der Waals surface area contributed by atoms with E-state index in [0.717, 1.165) is 5.69 Å². The number of rotatable bonds is 5. The third-order valence-electron chi connectivity index (χ3n) is 4.18. The largest absolute Gasteiger partial charge is 0.354 e. The van der Waals surface area contributed by atoms with Gasteiger partial charge >= 0.3 is 0 Å². The summed E-state index contributed by atoms with van der Waals surface area (Å²) in [5.74, 6) is -0.352. The van der Waals surface area contributed by atoms with Crippen molar-refractivity contribution in [2.24, 2.45) is 10.2 Å². The van der Waals surface area contributed by atoms with Gasteiger partial charge in [0.05, 0.1) is 11.4 Å². The second-order valence-corrected chi connectivity index (χ2v) is 6.22. The van der Waals surface area contributed by atoms with Gasteiger partial charge in [-0.3, -0.25) is 9.59 Å². The van der Waals surface area contributed by atoms with Gasteiger partial charge in [0.15, 0.2) is 5.78 Å². The Labute approximate surface area is 157 Å². The van der Waals surface area contributed by atoms with Crippen LogP contribution in [0.5, 0.6) is 0 Å². The van der Waals surface area contributed by atoms with Gasteiger partial charge in [-0.1, -0.05) is 18.2 Å². The number of nitrogens with zero attached hydrogens (tertiary/aromatic N) is 2. The SMILES string of the molecule is CC(=O)c1c(C)[nH]c(C(=O)Nc2ccc(N=Nc3ccccc3)cc2)c1C. The lowest BCUT2D eigenvalue weighted by atomic mass is 10.1. The van der Waals surface area contributed by atoms with Gasteiger partial charge in [-0.15, -0.1) is 0 Å². The van der Waals surface area contributed by atoms with Gasteiger partial charge in [-0.25, -0.2) is 0 Å². The fourth-order valence-electron chi connectivity index (χ4n) is 2.92. The second kappa shape index (κ2) is 7.78. The Bertz CT molecular complexity index is 1000. The highest BCUT2D eigenvalue weighted by atomic mass is 16.2. The molecule has 136 valence electrons. The molecule has 6 heteroatoms. The molecular formula is C21H20N4O2. The number of hydrogen-bond donors (Lipinski definition) is 2. The van der Waals surface area contributed by atoms with E-state index in [2.05, 4.69) is 20.5 Å². The number of Topliss-reactive ketones (excluding diaryl/α,β-unsaturated/α-hetero) is 1. The molecule has 0 atom stereocenters. The number of aromatic nitrogens is 1. The number of ketones is 1. The summed E-state index contributed by atoms with van der Waals surface area (Å²) in [6, 6.07) is 16.5. The van der Waals surface area contributed by atoms with Crippen molar-refractivity contribution in [1.82, 2.24) is 4.98 Å². The van der Waals surface area contributed by atoms with Crippen LogP contribution in [0.15, 0.2) is 64.8 Å². The smallest absolute Gasteiger partial charge is 0.272 e. The first-order chi connectivity index (χ1) is 13.0. The summed E-state index contributed by atoms with van der Waals surface area (Å²) in [5.41, 5.74) is 4.40. The summed E-state index contributed by atoms with van der Waals surface area (Å²) in [5, 5.41) is 11.2. The monoisotopic (exact) mass is 360 g/mol. The van der Waals surface area contributed by atoms with Crippen LogP contribution in [0.1, 0.15) is 39.0 Å². The quantitative estimate of drug-likeness (QED) is 0.465. The van der Waals surface area contributed by atoms with Crippen LogP contribution in [0, 0.1) is 13.8 Å². The maximum Gasteiger partial charge on any atom is 0.272 e. The number of benzene rings is 2. The van der Waals surface area contributed by atoms with Crippen LogP contribution < -0.4 is 5.32 Å². The molecule has 0 aliphatic rings.